The number of aryl methyl sites for hydroxylation is 2. The zero-order valence-corrected chi connectivity index (χ0v) is 15.8. The Kier molecular flexibility index (Phi) is 6.59. The fourth-order valence-corrected chi connectivity index (χ4v) is 3.18. The normalized spacial score (nSPS) is 15.8. The summed E-state index contributed by atoms with van der Waals surface area (Å²) in [6.07, 6.45) is 0. The van der Waals surface area contributed by atoms with Crippen LogP contribution in [-0.4, -0.2) is 51.1 Å². The van der Waals surface area contributed by atoms with E-state index in [2.05, 4.69) is 0 Å². The number of hydroxylamine groups is 2. The summed E-state index contributed by atoms with van der Waals surface area (Å²) in [5, 5.41) is 0. The van der Waals surface area contributed by atoms with E-state index in [-0.39, 0.29) is 6.61 Å². The van der Waals surface area contributed by atoms with Crippen LogP contribution in [0, 0.1) is 13.8 Å². The standard InChI is InChI=1S/C18H26NO6/c1-12-9-8-10-13(2)16(12)19(25-7,15(21)11-23-5)18(4,14(3)20)17(22)24-6/h8-10H,11H2,1-7H3/q+1. The first-order valence-corrected chi connectivity index (χ1v) is 7.78. The number of Topliss-reactive ketones (excluding diaryl/α,β-unsaturated/α-hetero) is 1. The average molecular weight is 352 g/mol. The molecule has 7 heteroatoms. The predicted molar refractivity (Wildman–Crippen MR) is 92.7 cm³/mol. The molecule has 1 aromatic carbocycles. The Morgan fingerprint density at radius 1 is 1.08 bits per heavy atom. The van der Waals surface area contributed by atoms with Crippen molar-refractivity contribution in [2.24, 2.45) is 0 Å². The third-order valence-electron chi connectivity index (χ3n) is 4.55. The molecule has 0 bridgehead atoms. The van der Waals surface area contributed by atoms with Gasteiger partial charge in [-0.3, -0.25) is 4.79 Å². The third kappa shape index (κ3) is 3.10. The minimum Gasteiger partial charge on any atom is -0.464 e. The number of carbonyl (C=O) groups excluding carboxylic acids is 3. The van der Waals surface area contributed by atoms with Crippen LogP contribution in [0.1, 0.15) is 25.0 Å². The van der Waals surface area contributed by atoms with Crippen LogP contribution in [0.15, 0.2) is 18.2 Å². The summed E-state index contributed by atoms with van der Waals surface area (Å²) in [6, 6.07) is 5.39. The van der Waals surface area contributed by atoms with Gasteiger partial charge in [-0.15, -0.1) is 0 Å². The van der Waals surface area contributed by atoms with Gasteiger partial charge < -0.3 is 9.47 Å². The molecular weight excluding hydrogens is 326 g/mol. The van der Waals surface area contributed by atoms with E-state index in [1.54, 1.807) is 26.0 Å². The Labute approximate surface area is 148 Å². The number of esters is 1. The van der Waals surface area contributed by atoms with Gasteiger partial charge in [-0.25, -0.2) is 9.59 Å². The topological polar surface area (TPSA) is 78.9 Å². The van der Waals surface area contributed by atoms with Crippen molar-refractivity contribution in [1.29, 1.82) is 0 Å². The van der Waals surface area contributed by atoms with Crippen molar-refractivity contribution in [3.8, 4) is 0 Å². The molecule has 2 unspecified atom stereocenters. The molecule has 7 nitrogen and oxygen atoms in total. The van der Waals surface area contributed by atoms with E-state index in [9.17, 15) is 14.4 Å². The summed E-state index contributed by atoms with van der Waals surface area (Å²) in [5.74, 6) is -2.02. The second-order valence-corrected chi connectivity index (χ2v) is 5.98. The lowest BCUT2D eigenvalue weighted by molar-refractivity contribution is -0.211. The first-order chi connectivity index (χ1) is 11.6. The third-order valence-corrected chi connectivity index (χ3v) is 4.55. The SMILES string of the molecule is COCC(=O)[N+](OC)(c1c(C)cccc1C)C(C)(C(C)=O)C(=O)OC. The lowest BCUT2D eigenvalue weighted by atomic mass is 9.91. The van der Waals surface area contributed by atoms with E-state index in [1.807, 2.05) is 6.07 Å². The molecule has 1 amide bonds. The maximum absolute atomic E-state index is 13.1. The van der Waals surface area contributed by atoms with Crippen LogP contribution in [-0.2, 0) is 28.7 Å². The molecule has 0 aromatic heterocycles. The number of ketones is 1. The van der Waals surface area contributed by atoms with Crippen molar-refractivity contribution < 1.29 is 28.7 Å². The second-order valence-electron chi connectivity index (χ2n) is 5.98. The summed E-state index contributed by atoms with van der Waals surface area (Å²) in [4.78, 5) is 44.0. The van der Waals surface area contributed by atoms with Gasteiger partial charge in [-0.1, -0.05) is 22.8 Å². The quantitative estimate of drug-likeness (QED) is 0.323. The van der Waals surface area contributed by atoms with Crippen molar-refractivity contribution >= 4 is 23.3 Å². The van der Waals surface area contributed by atoms with E-state index in [0.29, 0.717) is 16.8 Å². The summed E-state index contributed by atoms with van der Waals surface area (Å²) in [6.45, 7) is 5.81. The fourth-order valence-electron chi connectivity index (χ4n) is 3.18. The highest BCUT2D eigenvalue weighted by Gasteiger charge is 2.66. The van der Waals surface area contributed by atoms with Crippen LogP contribution >= 0.6 is 0 Å². The highest BCUT2D eigenvalue weighted by atomic mass is 16.7. The maximum atomic E-state index is 13.1. The monoisotopic (exact) mass is 352 g/mol. The van der Waals surface area contributed by atoms with Gasteiger partial charge in [0.15, 0.2) is 12.3 Å². The maximum Gasteiger partial charge on any atom is 0.379 e. The van der Waals surface area contributed by atoms with E-state index in [1.165, 1.54) is 35.2 Å². The molecule has 0 saturated carbocycles. The Morgan fingerprint density at radius 3 is 1.96 bits per heavy atom. The van der Waals surface area contributed by atoms with Crippen molar-refractivity contribution in [2.45, 2.75) is 33.2 Å². The first-order valence-electron chi connectivity index (χ1n) is 7.78. The molecule has 0 radical (unpaired) electrons. The molecule has 1 rings (SSSR count). The van der Waals surface area contributed by atoms with Crippen LogP contribution in [0.25, 0.3) is 0 Å². The number of amides is 1. The molecule has 2 atom stereocenters. The number of para-hydroxylation sites is 1. The number of hydrogen-bond acceptors (Lipinski definition) is 6. The molecule has 0 spiro atoms. The average Bonchev–Trinajstić information content (AvgIpc) is 2.56. The van der Waals surface area contributed by atoms with Gasteiger partial charge in [-0.2, -0.15) is 4.84 Å². The predicted octanol–water partition coefficient (Wildman–Crippen LogP) is 1.87. The van der Waals surface area contributed by atoms with E-state index < -0.39 is 27.8 Å². The summed E-state index contributed by atoms with van der Waals surface area (Å²) < 4.78 is 8.89. The molecule has 138 valence electrons. The van der Waals surface area contributed by atoms with Crippen LogP contribution in [0.2, 0.25) is 0 Å². The van der Waals surface area contributed by atoms with Gasteiger partial charge in [0.2, 0.25) is 5.78 Å². The zero-order chi connectivity index (χ0) is 19.4. The Balaban J connectivity index is 4.01. The van der Waals surface area contributed by atoms with Crippen LogP contribution in [0.4, 0.5) is 5.69 Å². The molecule has 0 aliphatic carbocycles. The molecule has 0 aliphatic heterocycles. The van der Waals surface area contributed by atoms with Crippen molar-refractivity contribution in [2.75, 3.05) is 27.9 Å². The minimum absolute atomic E-state index is 0.346. The molecule has 0 heterocycles. The highest BCUT2D eigenvalue weighted by molar-refractivity contribution is 6.13. The first kappa shape index (κ1) is 21.0. The Morgan fingerprint density at radius 2 is 1.60 bits per heavy atom. The number of benzene rings is 1. The fraction of sp³-hybridized carbons (Fsp3) is 0.500. The molecule has 0 fully saturated rings. The van der Waals surface area contributed by atoms with Crippen molar-refractivity contribution in [3.05, 3.63) is 29.3 Å². The van der Waals surface area contributed by atoms with E-state index in [0.717, 1.165) is 0 Å². The number of ether oxygens (including phenoxy) is 2. The number of nitrogens with zero attached hydrogens (tertiary/aromatic N) is 1. The largest absolute Gasteiger partial charge is 0.464 e. The number of hydrogen-bond donors (Lipinski definition) is 0. The van der Waals surface area contributed by atoms with Gasteiger partial charge in [0.25, 0.3) is 5.54 Å². The minimum atomic E-state index is -1.93. The highest BCUT2D eigenvalue weighted by Crippen LogP contribution is 2.40. The second kappa shape index (κ2) is 7.86. The van der Waals surface area contributed by atoms with Crippen molar-refractivity contribution in [3.63, 3.8) is 0 Å². The van der Waals surface area contributed by atoms with Gasteiger partial charge in [-0.05, 0) is 13.8 Å². The molecule has 0 saturated heterocycles. The molecule has 0 aliphatic rings. The smallest absolute Gasteiger partial charge is 0.379 e. The molecule has 0 N–H and O–H groups in total. The Bertz CT molecular complexity index is 666. The molecule has 25 heavy (non-hydrogen) atoms. The summed E-state index contributed by atoms with van der Waals surface area (Å²) in [7, 11) is 3.80. The Hall–Kier alpha value is -2.09. The summed E-state index contributed by atoms with van der Waals surface area (Å²) >= 11 is 0. The van der Waals surface area contributed by atoms with Gasteiger partial charge in [0.05, 0.1) is 14.2 Å². The van der Waals surface area contributed by atoms with E-state index in [4.69, 9.17) is 14.3 Å². The summed E-state index contributed by atoms with van der Waals surface area (Å²) in [5.41, 5.74) is -0.129. The number of methoxy groups -OCH3 is 2. The number of rotatable bonds is 7. The molecular formula is C18H26NO6+. The number of quaternary nitrogens is 1. The van der Waals surface area contributed by atoms with Crippen LogP contribution in [0.5, 0.6) is 0 Å². The number of carbonyl (C=O) groups is 3. The van der Waals surface area contributed by atoms with E-state index >= 15 is 0 Å². The molecule has 1 aromatic rings. The zero-order valence-electron chi connectivity index (χ0n) is 15.8. The van der Waals surface area contributed by atoms with Gasteiger partial charge in [0, 0.05) is 32.1 Å². The van der Waals surface area contributed by atoms with Gasteiger partial charge >= 0.3 is 11.9 Å². The van der Waals surface area contributed by atoms with Gasteiger partial charge in [0.1, 0.15) is 0 Å². The van der Waals surface area contributed by atoms with Crippen LogP contribution in [0.3, 0.4) is 0 Å². The lowest BCUT2D eigenvalue weighted by Crippen LogP contribution is -2.74. The lowest BCUT2D eigenvalue weighted by Gasteiger charge is -2.42. The van der Waals surface area contributed by atoms with Crippen LogP contribution < -0.4 is 4.65 Å². The van der Waals surface area contributed by atoms with Crippen molar-refractivity contribution in [1.82, 2.24) is 4.65 Å².